The van der Waals surface area contributed by atoms with Crippen molar-refractivity contribution >= 4 is 17.4 Å². The molecule has 7 nitrogen and oxygen atoms in total. The fourth-order valence-electron chi connectivity index (χ4n) is 6.41. The SMILES string of the molecule is Cc1c(CC(=O)c2ccc(CN3CCC(F)(F)C3)cn2)cccc1-c1cccc(NC(=O)c2ccc(CN3CCC(F)(F)C3)cn2)c1C. The fourth-order valence-corrected chi connectivity index (χ4v) is 6.41. The molecule has 2 aliphatic rings. The quantitative estimate of drug-likeness (QED) is 0.144. The Morgan fingerprint density at radius 3 is 1.79 bits per heavy atom. The number of Topliss-reactive ketones (excluding diaryl/α,β-unsaturated/α-hetero) is 1. The van der Waals surface area contributed by atoms with Gasteiger partial charge in [0.05, 0.1) is 13.1 Å². The van der Waals surface area contributed by atoms with Crippen molar-refractivity contribution in [3.63, 3.8) is 0 Å². The zero-order chi connectivity index (χ0) is 34.1. The van der Waals surface area contributed by atoms with E-state index in [2.05, 4.69) is 15.3 Å². The van der Waals surface area contributed by atoms with Gasteiger partial charge in [-0.3, -0.25) is 29.4 Å². The lowest BCUT2D eigenvalue weighted by Gasteiger charge is -2.17. The highest BCUT2D eigenvalue weighted by Gasteiger charge is 2.38. The second-order valence-electron chi connectivity index (χ2n) is 12.9. The van der Waals surface area contributed by atoms with Crippen LogP contribution in [-0.4, -0.2) is 69.5 Å². The number of amides is 1. The summed E-state index contributed by atoms with van der Waals surface area (Å²) < 4.78 is 54.1. The van der Waals surface area contributed by atoms with Crippen LogP contribution in [0.1, 0.15) is 61.6 Å². The first-order valence-electron chi connectivity index (χ1n) is 16.0. The maximum atomic E-state index is 13.5. The zero-order valence-electron chi connectivity index (χ0n) is 26.9. The van der Waals surface area contributed by atoms with Gasteiger partial charge in [0.25, 0.3) is 17.8 Å². The molecule has 0 bridgehead atoms. The van der Waals surface area contributed by atoms with Gasteiger partial charge < -0.3 is 5.32 Å². The summed E-state index contributed by atoms with van der Waals surface area (Å²) in [7, 11) is 0. The normalized spacial score (nSPS) is 17.5. The predicted octanol–water partition coefficient (Wildman–Crippen LogP) is 7.12. The number of benzene rings is 2. The minimum absolute atomic E-state index is 0.141. The lowest BCUT2D eigenvalue weighted by Crippen LogP contribution is -2.25. The van der Waals surface area contributed by atoms with Crippen LogP contribution >= 0.6 is 0 Å². The highest BCUT2D eigenvalue weighted by atomic mass is 19.3. The van der Waals surface area contributed by atoms with E-state index in [1.807, 2.05) is 50.2 Å². The molecule has 48 heavy (non-hydrogen) atoms. The van der Waals surface area contributed by atoms with Gasteiger partial charge >= 0.3 is 0 Å². The monoisotopic (exact) mass is 659 g/mol. The van der Waals surface area contributed by atoms with Gasteiger partial charge in [0, 0.05) is 63.5 Å². The number of carbonyl (C=O) groups is 2. The minimum atomic E-state index is -2.66. The van der Waals surface area contributed by atoms with Gasteiger partial charge in [0.15, 0.2) is 5.78 Å². The Balaban J connectivity index is 1.11. The van der Waals surface area contributed by atoms with Crippen molar-refractivity contribution in [2.75, 3.05) is 31.5 Å². The van der Waals surface area contributed by atoms with Crippen LogP contribution in [0.2, 0.25) is 0 Å². The Hall–Kier alpha value is -4.48. The summed E-state index contributed by atoms with van der Waals surface area (Å²) in [5.41, 5.74) is 7.13. The van der Waals surface area contributed by atoms with Crippen molar-refractivity contribution < 1.29 is 27.2 Å². The minimum Gasteiger partial charge on any atom is -0.320 e. The summed E-state index contributed by atoms with van der Waals surface area (Å²) in [4.78, 5) is 38.3. The van der Waals surface area contributed by atoms with Crippen LogP contribution in [0.5, 0.6) is 0 Å². The third-order valence-electron chi connectivity index (χ3n) is 9.15. The Bertz CT molecular complexity index is 1680. The lowest BCUT2D eigenvalue weighted by molar-refractivity contribution is 0.0108. The molecule has 2 fully saturated rings. The van der Waals surface area contributed by atoms with Crippen LogP contribution in [-0.2, 0) is 19.5 Å². The molecular formula is C37H37F4N5O2. The molecule has 2 aliphatic heterocycles. The van der Waals surface area contributed by atoms with Gasteiger partial charge in [-0.05, 0) is 71.0 Å². The lowest BCUT2D eigenvalue weighted by atomic mass is 9.91. The largest absolute Gasteiger partial charge is 0.320 e. The Labute approximate surface area is 277 Å². The molecule has 250 valence electrons. The molecule has 1 N–H and O–H groups in total. The Morgan fingerprint density at radius 2 is 1.27 bits per heavy atom. The van der Waals surface area contributed by atoms with Crippen molar-refractivity contribution in [1.82, 2.24) is 19.8 Å². The third-order valence-corrected chi connectivity index (χ3v) is 9.15. The Morgan fingerprint density at radius 1 is 0.729 bits per heavy atom. The van der Waals surface area contributed by atoms with Crippen LogP contribution in [0.25, 0.3) is 11.1 Å². The second kappa shape index (κ2) is 13.6. The molecular weight excluding hydrogens is 622 g/mol. The zero-order valence-corrected chi connectivity index (χ0v) is 26.9. The average Bonchev–Trinajstić information content (AvgIpc) is 3.58. The molecule has 0 spiro atoms. The molecule has 4 heterocycles. The smallest absolute Gasteiger partial charge is 0.274 e. The maximum absolute atomic E-state index is 13.5. The predicted molar refractivity (Wildman–Crippen MR) is 175 cm³/mol. The number of pyridine rings is 2. The van der Waals surface area contributed by atoms with E-state index in [-0.39, 0.29) is 49.7 Å². The van der Waals surface area contributed by atoms with E-state index in [1.54, 1.807) is 46.5 Å². The first kappa shape index (κ1) is 33.4. The molecule has 2 aromatic heterocycles. The molecule has 2 aromatic carbocycles. The van der Waals surface area contributed by atoms with E-state index in [0.29, 0.717) is 37.6 Å². The molecule has 0 aliphatic carbocycles. The van der Waals surface area contributed by atoms with Crippen molar-refractivity contribution in [1.29, 1.82) is 0 Å². The third kappa shape index (κ3) is 7.79. The van der Waals surface area contributed by atoms with Crippen LogP contribution < -0.4 is 5.32 Å². The van der Waals surface area contributed by atoms with Gasteiger partial charge in [-0.25, -0.2) is 17.6 Å². The standard InChI is InChI=1S/C37H37F4N5O2/c1-24-28(17-34(47)32-11-9-26(18-42-32)20-45-15-13-36(38,39)22-45)5-3-6-29(24)30-7-4-8-31(25(30)2)44-35(48)33-12-10-27(19-43-33)21-46-16-14-37(40,41)23-46/h3-12,18-19H,13-17,20-23H2,1-2H3,(H,44,48). The van der Waals surface area contributed by atoms with Crippen molar-refractivity contribution in [2.45, 2.75) is 58.0 Å². The van der Waals surface area contributed by atoms with Crippen LogP contribution in [0, 0.1) is 13.8 Å². The molecule has 4 aromatic rings. The van der Waals surface area contributed by atoms with E-state index in [1.165, 1.54) is 0 Å². The Kier molecular flexibility index (Phi) is 9.44. The highest BCUT2D eigenvalue weighted by molar-refractivity contribution is 6.04. The number of rotatable bonds is 10. The first-order valence-corrected chi connectivity index (χ1v) is 16.0. The molecule has 0 atom stereocenters. The number of nitrogens with zero attached hydrogens (tertiary/aromatic N) is 4. The van der Waals surface area contributed by atoms with Gasteiger partial charge in [0.2, 0.25) is 0 Å². The van der Waals surface area contributed by atoms with E-state index in [4.69, 9.17) is 0 Å². The number of alkyl halides is 4. The summed E-state index contributed by atoms with van der Waals surface area (Å²) in [6.07, 6.45) is 2.98. The highest BCUT2D eigenvalue weighted by Crippen LogP contribution is 2.33. The molecule has 0 unspecified atom stereocenters. The molecule has 2 saturated heterocycles. The van der Waals surface area contributed by atoms with Gasteiger partial charge in [-0.2, -0.15) is 0 Å². The van der Waals surface area contributed by atoms with E-state index in [9.17, 15) is 27.2 Å². The van der Waals surface area contributed by atoms with Crippen LogP contribution in [0.4, 0.5) is 23.2 Å². The number of aromatic nitrogens is 2. The summed E-state index contributed by atoms with van der Waals surface area (Å²) in [6, 6.07) is 18.2. The summed E-state index contributed by atoms with van der Waals surface area (Å²) in [6.45, 7) is 4.70. The first-order chi connectivity index (χ1) is 22.9. The number of carbonyl (C=O) groups excluding carboxylic acids is 2. The summed E-state index contributed by atoms with van der Waals surface area (Å²) in [5, 5.41) is 2.95. The number of hydrogen-bond donors (Lipinski definition) is 1. The maximum Gasteiger partial charge on any atom is 0.274 e. The van der Waals surface area contributed by atoms with Crippen molar-refractivity contribution in [3.05, 3.63) is 112 Å². The van der Waals surface area contributed by atoms with Crippen LogP contribution in [0.15, 0.2) is 73.1 Å². The molecule has 1 amide bonds. The molecule has 6 rings (SSSR count). The van der Waals surface area contributed by atoms with Crippen molar-refractivity contribution in [2.24, 2.45) is 0 Å². The number of hydrogen-bond acceptors (Lipinski definition) is 6. The van der Waals surface area contributed by atoms with E-state index >= 15 is 0 Å². The van der Waals surface area contributed by atoms with Crippen LogP contribution in [0.3, 0.4) is 0 Å². The van der Waals surface area contributed by atoms with Crippen molar-refractivity contribution in [3.8, 4) is 11.1 Å². The second-order valence-corrected chi connectivity index (χ2v) is 12.9. The number of anilines is 1. The van der Waals surface area contributed by atoms with E-state index < -0.39 is 11.8 Å². The van der Waals surface area contributed by atoms with Gasteiger partial charge in [-0.1, -0.05) is 42.5 Å². The molecule has 0 radical (unpaired) electrons. The average molecular weight is 660 g/mol. The fraction of sp³-hybridized carbons (Fsp3) is 0.351. The summed E-state index contributed by atoms with van der Waals surface area (Å²) in [5.74, 6) is -5.86. The van der Waals surface area contributed by atoms with Gasteiger partial charge in [0.1, 0.15) is 11.4 Å². The number of likely N-dealkylation sites (tertiary alicyclic amines) is 2. The molecule has 11 heteroatoms. The molecule has 0 saturated carbocycles. The van der Waals surface area contributed by atoms with E-state index in [0.717, 1.165) is 38.9 Å². The number of nitrogens with one attached hydrogen (secondary N) is 1. The topological polar surface area (TPSA) is 78.4 Å². The number of halogens is 4. The number of ketones is 1. The summed E-state index contributed by atoms with van der Waals surface area (Å²) >= 11 is 0. The van der Waals surface area contributed by atoms with Gasteiger partial charge in [-0.15, -0.1) is 0 Å².